The molecule has 0 saturated carbocycles. The SMILES string of the molecule is COc1ccc(Br)c(CNc2ccc(F)c(C)c2)c1. The van der Waals surface area contributed by atoms with Crippen molar-refractivity contribution in [3.8, 4) is 5.75 Å². The highest BCUT2D eigenvalue weighted by Gasteiger charge is 2.03. The zero-order chi connectivity index (χ0) is 13.8. The maximum Gasteiger partial charge on any atom is 0.126 e. The molecule has 0 unspecified atom stereocenters. The Morgan fingerprint density at radius 1 is 1.21 bits per heavy atom. The largest absolute Gasteiger partial charge is 0.497 e. The number of benzene rings is 2. The fourth-order valence-corrected chi connectivity index (χ4v) is 2.15. The molecule has 2 aromatic carbocycles. The zero-order valence-corrected chi connectivity index (χ0v) is 12.4. The molecule has 0 radical (unpaired) electrons. The molecule has 0 amide bonds. The molecule has 0 aliphatic heterocycles. The van der Waals surface area contributed by atoms with Crippen LogP contribution in [0.1, 0.15) is 11.1 Å². The highest BCUT2D eigenvalue weighted by atomic mass is 79.9. The van der Waals surface area contributed by atoms with Gasteiger partial charge in [-0.3, -0.25) is 0 Å². The molecule has 19 heavy (non-hydrogen) atoms. The van der Waals surface area contributed by atoms with Crippen molar-refractivity contribution in [2.24, 2.45) is 0 Å². The molecule has 2 aromatic rings. The summed E-state index contributed by atoms with van der Waals surface area (Å²) < 4.78 is 19.4. The molecule has 0 spiro atoms. The van der Waals surface area contributed by atoms with Crippen molar-refractivity contribution in [2.75, 3.05) is 12.4 Å². The second-order valence-electron chi connectivity index (χ2n) is 4.27. The summed E-state index contributed by atoms with van der Waals surface area (Å²) in [4.78, 5) is 0. The van der Waals surface area contributed by atoms with Gasteiger partial charge in [0.1, 0.15) is 11.6 Å². The van der Waals surface area contributed by atoms with Crippen molar-refractivity contribution in [3.05, 3.63) is 57.8 Å². The van der Waals surface area contributed by atoms with Crippen LogP contribution in [0, 0.1) is 12.7 Å². The first-order chi connectivity index (χ1) is 9.10. The zero-order valence-electron chi connectivity index (χ0n) is 10.8. The van der Waals surface area contributed by atoms with Crippen molar-refractivity contribution in [1.29, 1.82) is 0 Å². The molecule has 2 rings (SSSR count). The van der Waals surface area contributed by atoms with Crippen LogP contribution in [0.2, 0.25) is 0 Å². The van der Waals surface area contributed by atoms with Crippen LogP contribution in [-0.4, -0.2) is 7.11 Å². The number of hydrogen-bond donors (Lipinski definition) is 1. The average molecular weight is 324 g/mol. The van der Waals surface area contributed by atoms with Crippen LogP contribution < -0.4 is 10.1 Å². The maximum absolute atomic E-state index is 13.2. The molecule has 0 heterocycles. The van der Waals surface area contributed by atoms with E-state index in [0.717, 1.165) is 21.5 Å². The molecule has 1 N–H and O–H groups in total. The fraction of sp³-hybridized carbons (Fsp3) is 0.200. The standard InChI is InChI=1S/C15H15BrFNO/c1-10-7-12(3-6-15(10)17)18-9-11-8-13(19-2)4-5-14(11)16/h3-8,18H,9H2,1-2H3. The molecule has 0 atom stereocenters. The predicted molar refractivity (Wildman–Crippen MR) is 79.2 cm³/mol. The minimum absolute atomic E-state index is 0.187. The average Bonchev–Trinajstić information content (AvgIpc) is 2.41. The summed E-state index contributed by atoms with van der Waals surface area (Å²) in [6, 6.07) is 10.8. The van der Waals surface area contributed by atoms with Crippen molar-refractivity contribution in [2.45, 2.75) is 13.5 Å². The summed E-state index contributed by atoms with van der Waals surface area (Å²) in [7, 11) is 1.64. The Morgan fingerprint density at radius 3 is 2.68 bits per heavy atom. The van der Waals surface area contributed by atoms with Gasteiger partial charge in [-0.2, -0.15) is 0 Å². The summed E-state index contributed by atoms with van der Waals surface area (Å²) in [5, 5.41) is 3.27. The first kappa shape index (κ1) is 13.9. The van der Waals surface area contributed by atoms with E-state index in [9.17, 15) is 4.39 Å². The molecule has 4 heteroatoms. The molecule has 0 saturated heterocycles. The number of methoxy groups -OCH3 is 1. The van der Waals surface area contributed by atoms with Gasteiger partial charge in [0.15, 0.2) is 0 Å². The molecule has 100 valence electrons. The van der Waals surface area contributed by atoms with Gasteiger partial charge < -0.3 is 10.1 Å². The quantitative estimate of drug-likeness (QED) is 0.893. The number of nitrogens with one attached hydrogen (secondary N) is 1. The first-order valence-corrected chi connectivity index (χ1v) is 6.72. The van der Waals surface area contributed by atoms with Gasteiger partial charge in [0, 0.05) is 16.7 Å². The topological polar surface area (TPSA) is 21.3 Å². The van der Waals surface area contributed by atoms with Crippen LogP contribution in [0.3, 0.4) is 0 Å². The lowest BCUT2D eigenvalue weighted by Crippen LogP contribution is -2.01. The first-order valence-electron chi connectivity index (χ1n) is 5.92. The van der Waals surface area contributed by atoms with E-state index in [1.165, 1.54) is 6.07 Å². The Kier molecular flexibility index (Phi) is 4.43. The fourth-order valence-electron chi connectivity index (χ4n) is 1.77. The van der Waals surface area contributed by atoms with E-state index < -0.39 is 0 Å². The second-order valence-corrected chi connectivity index (χ2v) is 5.13. The third kappa shape index (κ3) is 3.47. The lowest BCUT2D eigenvalue weighted by molar-refractivity contribution is 0.414. The minimum Gasteiger partial charge on any atom is -0.497 e. The Labute approximate surface area is 120 Å². The number of hydrogen-bond acceptors (Lipinski definition) is 2. The van der Waals surface area contributed by atoms with Gasteiger partial charge in [0.05, 0.1) is 7.11 Å². The summed E-state index contributed by atoms with van der Waals surface area (Å²) in [6.07, 6.45) is 0. The number of ether oxygens (including phenoxy) is 1. The van der Waals surface area contributed by atoms with Crippen LogP contribution >= 0.6 is 15.9 Å². The minimum atomic E-state index is -0.187. The van der Waals surface area contributed by atoms with Crippen molar-refractivity contribution >= 4 is 21.6 Å². The van der Waals surface area contributed by atoms with Crippen LogP contribution in [0.4, 0.5) is 10.1 Å². The van der Waals surface area contributed by atoms with Crippen molar-refractivity contribution in [3.63, 3.8) is 0 Å². The summed E-state index contributed by atoms with van der Waals surface area (Å²) in [6.45, 7) is 2.39. The van der Waals surface area contributed by atoms with E-state index >= 15 is 0 Å². The van der Waals surface area contributed by atoms with Gasteiger partial charge in [-0.1, -0.05) is 15.9 Å². The van der Waals surface area contributed by atoms with Crippen LogP contribution in [0.15, 0.2) is 40.9 Å². The number of anilines is 1. The van der Waals surface area contributed by atoms with E-state index in [4.69, 9.17) is 4.74 Å². The molecule has 2 nitrogen and oxygen atoms in total. The van der Waals surface area contributed by atoms with E-state index in [2.05, 4.69) is 21.2 Å². The Balaban J connectivity index is 2.11. The Bertz CT molecular complexity index is 586. The normalized spacial score (nSPS) is 10.3. The van der Waals surface area contributed by atoms with Gasteiger partial charge in [-0.25, -0.2) is 4.39 Å². The Hall–Kier alpha value is -1.55. The third-order valence-corrected chi connectivity index (χ3v) is 3.67. The summed E-state index contributed by atoms with van der Waals surface area (Å²) in [5.41, 5.74) is 2.62. The van der Waals surface area contributed by atoms with E-state index in [1.54, 1.807) is 26.2 Å². The second kappa shape index (κ2) is 6.06. The number of aryl methyl sites for hydroxylation is 1. The molecule has 0 bridgehead atoms. The van der Waals surface area contributed by atoms with Gasteiger partial charge in [-0.15, -0.1) is 0 Å². The van der Waals surface area contributed by atoms with E-state index in [1.807, 2.05) is 18.2 Å². The molecule has 0 aliphatic rings. The smallest absolute Gasteiger partial charge is 0.126 e. The van der Waals surface area contributed by atoms with Crippen molar-refractivity contribution in [1.82, 2.24) is 0 Å². The number of halogens is 2. The molecule has 0 fully saturated rings. The van der Waals surface area contributed by atoms with Crippen LogP contribution in [0.25, 0.3) is 0 Å². The summed E-state index contributed by atoms with van der Waals surface area (Å²) in [5.74, 6) is 0.628. The monoisotopic (exact) mass is 323 g/mol. The van der Waals surface area contributed by atoms with Gasteiger partial charge in [0.2, 0.25) is 0 Å². The lowest BCUT2D eigenvalue weighted by atomic mass is 10.2. The van der Waals surface area contributed by atoms with Crippen molar-refractivity contribution < 1.29 is 9.13 Å². The molecule has 0 aliphatic carbocycles. The predicted octanol–water partition coefficient (Wildman–Crippen LogP) is 4.52. The third-order valence-electron chi connectivity index (χ3n) is 2.89. The van der Waals surface area contributed by atoms with Crippen LogP contribution in [0.5, 0.6) is 5.75 Å². The highest BCUT2D eigenvalue weighted by molar-refractivity contribution is 9.10. The van der Waals surface area contributed by atoms with Crippen LogP contribution in [-0.2, 0) is 6.54 Å². The van der Waals surface area contributed by atoms with Gasteiger partial charge in [0.25, 0.3) is 0 Å². The Morgan fingerprint density at radius 2 is 2.00 bits per heavy atom. The van der Waals surface area contributed by atoms with Gasteiger partial charge in [-0.05, 0) is 54.4 Å². The lowest BCUT2D eigenvalue weighted by Gasteiger charge is -2.10. The maximum atomic E-state index is 13.2. The molecular weight excluding hydrogens is 309 g/mol. The molecular formula is C15H15BrFNO. The number of rotatable bonds is 4. The highest BCUT2D eigenvalue weighted by Crippen LogP contribution is 2.23. The van der Waals surface area contributed by atoms with E-state index in [0.29, 0.717) is 12.1 Å². The van der Waals surface area contributed by atoms with Gasteiger partial charge >= 0.3 is 0 Å². The van der Waals surface area contributed by atoms with E-state index in [-0.39, 0.29) is 5.82 Å². The summed E-state index contributed by atoms with van der Waals surface area (Å²) >= 11 is 3.50. The molecule has 0 aromatic heterocycles.